The van der Waals surface area contributed by atoms with E-state index in [4.69, 9.17) is 27.9 Å². The highest BCUT2D eigenvalue weighted by Gasteiger charge is 2.33. The molecule has 0 saturated carbocycles. The quantitative estimate of drug-likeness (QED) is 0.221. The number of aromatic nitrogens is 2. The molecule has 0 aliphatic heterocycles. The molecule has 0 amide bonds. The van der Waals surface area contributed by atoms with Gasteiger partial charge in [-0.15, -0.1) is 11.6 Å². The number of halogens is 5. The number of fused-ring (bicyclic) bond motifs is 1. The summed E-state index contributed by atoms with van der Waals surface area (Å²) in [7, 11) is -3.52. The fraction of sp³-hybridized carbons (Fsp3) is 0.200. The molecule has 0 aliphatic rings. The summed E-state index contributed by atoms with van der Waals surface area (Å²) in [5.41, 5.74) is -0.0828. The predicted molar refractivity (Wildman–Crippen MR) is 134 cm³/mol. The summed E-state index contributed by atoms with van der Waals surface area (Å²) in [5.74, 6) is 0.764. The van der Waals surface area contributed by atoms with Crippen LogP contribution in [-0.4, -0.2) is 30.0 Å². The maximum atomic E-state index is 13.4. The van der Waals surface area contributed by atoms with Gasteiger partial charge in [0.05, 0.1) is 38.1 Å². The van der Waals surface area contributed by atoms with Crippen LogP contribution in [0.3, 0.4) is 0 Å². The Labute approximate surface area is 215 Å². The molecule has 11 heteroatoms. The smallest absolute Gasteiger partial charge is 0.418 e. The number of nitrogens with zero attached hydrogens (tertiary/aromatic N) is 2. The molecule has 0 unspecified atom stereocenters. The summed E-state index contributed by atoms with van der Waals surface area (Å²) in [6.07, 6.45) is -4.24. The van der Waals surface area contributed by atoms with Gasteiger partial charge in [-0.1, -0.05) is 23.7 Å². The summed E-state index contributed by atoms with van der Waals surface area (Å²) >= 11 is 12.0. The Hall–Kier alpha value is -2.88. The monoisotopic (exact) mass is 554 g/mol. The van der Waals surface area contributed by atoms with Crippen LogP contribution in [0.5, 0.6) is 11.5 Å². The number of ether oxygens (including phenoxy) is 1. The van der Waals surface area contributed by atoms with Gasteiger partial charge in [-0.3, -0.25) is 0 Å². The van der Waals surface area contributed by atoms with Crippen molar-refractivity contribution in [2.45, 2.75) is 24.4 Å². The third-order valence-electron chi connectivity index (χ3n) is 5.31. The van der Waals surface area contributed by atoms with Crippen molar-refractivity contribution < 1.29 is 26.3 Å². The van der Waals surface area contributed by atoms with Crippen molar-refractivity contribution in [1.29, 1.82) is 0 Å². The largest absolute Gasteiger partial charge is 0.457 e. The van der Waals surface area contributed by atoms with Crippen molar-refractivity contribution in [1.82, 2.24) is 9.97 Å². The highest BCUT2D eigenvalue weighted by Crippen LogP contribution is 2.37. The Morgan fingerprint density at radius 3 is 2.42 bits per heavy atom. The number of aryl methyl sites for hydroxylation is 1. The second-order valence-corrected chi connectivity index (χ2v) is 10.8. The van der Waals surface area contributed by atoms with Gasteiger partial charge in [-0.25, -0.2) is 18.4 Å². The van der Waals surface area contributed by atoms with Crippen molar-refractivity contribution in [3.8, 4) is 22.8 Å². The Morgan fingerprint density at radius 1 is 0.972 bits per heavy atom. The van der Waals surface area contributed by atoms with Crippen LogP contribution in [0.15, 0.2) is 65.6 Å². The van der Waals surface area contributed by atoms with E-state index in [-0.39, 0.29) is 39.0 Å². The number of hydrogen-bond donors (Lipinski definition) is 0. The van der Waals surface area contributed by atoms with E-state index in [9.17, 15) is 21.6 Å². The maximum Gasteiger partial charge on any atom is 0.418 e. The topological polar surface area (TPSA) is 69.2 Å². The van der Waals surface area contributed by atoms with E-state index >= 15 is 0 Å². The second-order valence-electron chi connectivity index (χ2n) is 7.91. The van der Waals surface area contributed by atoms with E-state index in [0.29, 0.717) is 28.5 Å². The van der Waals surface area contributed by atoms with Crippen molar-refractivity contribution in [3.63, 3.8) is 0 Å². The van der Waals surface area contributed by atoms with Gasteiger partial charge in [0.1, 0.15) is 17.0 Å². The molecule has 5 nitrogen and oxygen atoms in total. The minimum atomic E-state index is -4.57. The molecule has 188 valence electrons. The van der Waals surface area contributed by atoms with E-state index in [1.807, 2.05) is 0 Å². The van der Waals surface area contributed by atoms with Crippen molar-refractivity contribution >= 4 is 44.1 Å². The van der Waals surface area contributed by atoms with Gasteiger partial charge < -0.3 is 4.74 Å². The molecule has 4 rings (SSSR count). The molecule has 4 aromatic rings. The average molecular weight is 555 g/mol. The molecule has 0 fully saturated rings. The second kappa shape index (κ2) is 10.2. The number of sulfone groups is 1. The third-order valence-corrected chi connectivity index (χ3v) is 7.71. The van der Waals surface area contributed by atoms with Crippen LogP contribution in [0.4, 0.5) is 13.2 Å². The first-order valence-corrected chi connectivity index (χ1v) is 13.3. The van der Waals surface area contributed by atoms with Crippen molar-refractivity contribution in [2.75, 3.05) is 11.6 Å². The van der Waals surface area contributed by atoms with Gasteiger partial charge in [0.15, 0.2) is 9.84 Å². The number of benzene rings is 3. The number of rotatable bonds is 7. The normalized spacial score (nSPS) is 12.2. The molecule has 1 heterocycles. The van der Waals surface area contributed by atoms with Gasteiger partial charge in [-0.2, -0.15) is 13.2 Å². The van der Waals surface area contributed by atoms with Crippen LogP contribution in [0.1, 0.15) is 17.7 Å². The summed E-state index contributed by atoms with van der Waals surface area (Å²) < 4.78 is 71.1. The fourth-order valence-corrected chi connectivity index (χ4v) is 5.46. The lowest BCUT2D eigenvalue weighted by molar-refractivity contribution is -0.136. The summed E-state index contributed by atoms with van der Waals surface area (Å²) in [6.45, 7) is 1.55. The molecule has 0 saturated heterocycles. The highest BCUT2D eigenvalue weighted by molar-refractivity contribution is 7.91. The maximum absolute atomic E-state index is 13.4. The third kappa shape index (κ3) is 5.58. The minimum Gasteiger partial charge on any atom is -0.457 e. The van der Waals surface area contributed by atoms with Crippen molar-refractivity contribution in [2.24, 2.45) is 0 Å². The molecule has 0 atom stereocenters. The fourth-order valence-electron chi connectivity index (χ4n) is 3.62. The Morgan fingerprint density at radius 2 is 1.69 bits per heavy atom. The Bertz CT molecular complexity index is 1540. The van der Waals surface area contributed by atoms with E-state index in [1.165, 1.54) is 24.3 Å². The van der Waals surface area contributed by atoms with Gasteiger partial charge in [0.2, 0.25) is 0 Å². The summed E-state index contributed by atoms with van der Waals surface area (Å²) in [6, 6.07) is 14.5. The van der Waals surface area contributed by atoms with Crippen LogP contribution in [0.2, 0.25) is 5.02 Å². The zero-order chi connectivity index (χ0) is 26.1. The van der Waals surface area contributed by atoms with Crippen LogP contribution < -0.4 is 4.74 Å². The molecule has 0 radical (unpaired) electrons. The number of para-hydroxylation sites is 1. The number of hydrogen-bond acceptors (Lipinski definition) is 5. The lowest BCUT2D eigenvalue weighted by atomic mass is 10.1. The van der Waals surface area contributed by atoms with Gasteiger partial charge in [-0.05, 0) is 61.9 Å². The molecule has 1 aromatic heterocycles. The molecule has 0 aliphatic carbocycles. The highest BCUT2D eigenvalue weighted by atomic mass is 35.5. The predicted octanol–water partition coefficient (Wildman–Crippen LogP) is 7.47. The molecular formula is C25H19Cl2F3N2O3S. The zero-order valence-electron chi connectivity index (χ0n) is 18.8. The van der Waals surface area contributed by atoms with E-state index in [1.54, 1.807) is 37.3 Å². The van der Waals surface area contributed by atoms with Crippen LogP contribution in [0.25, 0.3) is 22.3 Å². The standard InChI is InChI=1S/C25H19Cl2F3N2O3S/c1-15-23(32-22-8-3-7-20(24(22)31-15)25(28,29)30)19-14-17(9-10-21(19)27)35-16-5-2-6-18(13-16)36(33,34)12-4-11-26/h2-3,5-10,13-14H,4,11-12H2,1H3. The zero-order valence-corrected chi connectivity index (χ0v) is 21.1. The summed E-state index contributed by atoms with van der Waals surface area (Å²) in [4.78, 5) is 8.70. The molecule has 0 bridgehead atoms. The Balaban J connectivity index is 1.71. The molecule has 36 heavy (non-hydrogen) atoms. The average Bonchev–Trinajstić information content (AvgIpc) is 2.83. The first kappa shape index (κ1) is 26.2. The minimum absolute atomic E-state index is 0.0719. The first-order valence-electron chi connectivity index (χ1n) is 10.7. The van der Waals surface area contributed by atoms with Crippen LogP contribution >= 0.6 is 23.2 Å². The van der Waals surface area contributed by atoms with Crippen LogP contribution in [0, 0.1) is 6.92 Å². The summed E-state index contributed by atoms with van der Waals surface area (Å²) in [5, 5.41) is 0.295. The van der Waals surface area contributed by atoms with E-state index in [0.717, 1.165) is 6.07 Å². The lowest BCUT2D eigenvalue weighted by Crippen LogP contribution is -2.08. The molecule has 0 spiro atoms. The lowest BCUT2D eigenvalue weighted by Gasteiger charge is -2.14. The van der Waals surface area contributed by atoms with Crippen LogP contribution in [-0.2, 0) is 16.0 Å². The van der Waals surface area contributed by atoms with E-state index < -0.39 is 21.6 Å². The Kier molecular flexibility index (Phi) is 7.45. The molecule has 0 N–H and O–H groups in total. The first-order chi connectivity index (χ1) is 17.0. The van der Waals surface area contributed by atoms with Gasteiger partial charge in [0, 0.05) is 11.4 Å². The van der Waals surface area contributed by atoms with Gasteiger partial charge >= 0.3 is 6.18 Å². The van der Waals surface area contributed by atoms with E-state index in [2.05, 4.69) is 9.97 Å². The molecular weight excluding hydrogens is 536 g/mol. The number of alkyl halides is 4. The molecule has 3 aromatic carbocycles. The SMILES string of the molecule is Cc1nc2c(C(F)(F)F)cccc2nc1-c1cc(Oc2cccc(S(=O)(=O)CCCCl)c2)ccc1Cl. The van der Waals surface area contributed by atoms with Crippen molar-refractivity contribution in [3.05, 3.63) is 76.9 Å². The van der Waals surface area contributed by atoms with Gasteiger partial charge in [0.25, 0.3) is 0 Å².